The summed E-state index contributed by atoms with van der Waals surface area (Å²) in [5.41, 5.74) is 0. The third kappa shape index (κ3) is 2.02. The first-order valence-electron chi connectivity index (χ1n) is 5.30. The number of amidine groups is 1. The maximum absolute atomic E-state index is 7.87. The van der Waals surface area contributed by atoms with Crippen molar-refractivity contribution in [3.63, 3.8) is 0 Å². The molecule has 0 saturated carbocycles. The van der Waals surface area contributed by atoms with Crippen LogP contribution in [0.25, 0.3) is 0 Å². The first kappa shape index (κ1) is 9.00. The highest BCUT2D eigenvalue weighted by Gasteiger charge is 2.25. The zero-order chi connectivity index (χ0) is 9.10. The molecule has 0 amide bonds. The smallest absolute Gasteiger partial charge is 0.0960 e. The van der Waals surface area contributed by atoms with Gasteiger partial charge in [0.1, 0.15) is 0 Å². The van der Waals surface area contributed by atoms with E-state index in [2.05, 4.69) is 4.90 Å². The maximum Gasteiger partial charge on any atom is 0.0960 e. The van der Waals surface area contributed by atoms with Crippen LogP contribution in [0.3, 0.4) is 0 Å². The predicted molar refractivity (Wildman–Crippen MR) is 52.1 cm³/mol. The van der Waals surface area contributed by atoms with Gasteiger partial charge in [0.25, 0.3) is 0 Å². The molecular weight excluding hydrogens is 164 g/mol. The van der Waals surface area contributed by atoms with Crippen LogP contribution in [-0.2, 0) is 4.74 Å². The average Bonchev–Trinajstić information content (AvgIpc) is 2.20. The first-order valence-corrected chi connectivity index (χ1v) is 5.30. The number of nitrogens with zero attached hydrogens (tertiary/aromatic N) is 1. The zero-order valence-corrected chi connectivity index (χ0v) is 8.09. The number of rotatable bonds is 1. The fourth-order valence-electron chi connectivity index (χ4n) is 2.25. The van der Waals surface area contributed by atoms with E-state index in [0.29, 0.717) is 6.04 Å². The molecule has 0 bridgehead atoms. The summed E-state index contributed by atoms with van der Waals surface area (Å²) in [6.45, 7) is 2.87. The predicted octanol–water partition coefficient (Wildman–Crippen LogP) is 1.63. The van der Waals surface area contributed by atoms with E-state index in [1.165, 1.54) is 12.8 Å². The van der Waals surface area contributed by atoms with Crippen molar-refractivity contribution in [1.82, 2.24) is 4.90 Å². The second kappa shape index (κ2) is 4.09. The molecule has 3 nitrogen and oxygen atoms in total. The van der Waals surface area contributed by atoms with Gasteiger partial charge in [-0.2, -0.15) is 0 Å². The summed E-state index contributed by atoms with van der Waals surface area (Å²) >= 11 is 0. The number of nitrogens with one attached hydrogen (secondary N) is 1. The average molecular weight is 182 g/mol. The van der Waals surface area contributed by atoms with E-state index in [1.807, 2.05) is 0 Å². The molecule has 2 rings (SSSR count). The van der Waals surface area contributed by atoms with E-state index in [9.17, 15) is 0 Å². The van der Waals surface area contributed by atoms with E-state index >= 15 is 0 Å². The molecule has 0 spiro atoms. The number of likely N-dealkylation sites (tertiary alicyclic amines) is 1. The number of piperidine rings is 1. The van der Waals surface area contributed by atoms with Gasteiger partial charge < -0.3 is 9.64 Å². The van der Waals surface area contributed by atoms with E-state index in [4.69, 9.17) is 10.1 Å². The summed E-state index contributed by atoms with van der Waals surface area (Å²) in [5.74, 6) is 0.859. The Morgan fingerprint density at radius 3 is 2.69 bits per heavy atom. The molecule has 0 aromatic rings. The van der Waals surface area contributed by atoms with E-state index in [-0.39, 0.29) is 0 Å². The Bertz CT molecular complexity index is 187. The Morgan fingerprint density at radius 2 is 2.00 bits per heavy atom. The van der Waals surface area contributed by atoms with Crippen molar-refractivity contribution in [2.75, 3.05) is 19.8 Å². The van der Waals surface area contributed by atoms with Crippen molar-refractivity contribution in [2.24, 2.45) is 0 Å². The molecule has 74 valence electrons. The highest BCUT2D eigenvalue weighted by Crippen LogP contribution is 2.20. The van der Waals surface area contributed by atoms with Crippen molar-refractivity contribution < 1.29 is 4.74 Å². The molecule has 0 radical (unpaired) electrons. The Balaban J connectivity index is 1.92. The van der Waals surface area contributed by atoms with E-state index in [1.54, 1.807) is 0 Å². The minimum Gasteiger partial charge on any atom is -0.381 e. The monoisotopic (exact) mass is 182 g/mol. The fraction of sp³-hybridized carbons (Fsp3) is 0.900. The molecular formula is C10H18N2O. The van der Waals surface area contributed by atoms with Crippen LogP contribution in [0.4, 0.5) is 0 Å². The summed E-state index contributed by atoms with van der Waals surface area (Å²) in [5, 5.41) is 7.87. The van der Waals surface area contributed by atoms with Gasteiger partial charge in [0, 0.05) is 32.2 Å². The lowest BCUT2D eigenvalue weighted by molar-refractivity contribution is 0.0524. The molecule has 0 aromatic carbocycles. The quantitative estimate of drug-likeness (QED) is 0.669. The van der Waals surface area contributed by atoms with Gasteiger partial charge >= 0.3 is 0 Å². The van der Waals surface area contributed by atoms with Crippen LogP contribution in [0.1, 0.15) is 32.1 Å². The Hall–Kier alpha value is -0.570. The number of hydrogen-bond donors (Lipinski definition) is 1. The van der Waals surface area contributed by atoms with Gasteiger partial charge in [0.05, 0.1) is 5.84 Å². The molecule has 0 aromatic heterocycles. The topological polar surface area (TPSA) is 36.3 Å². The summed E-state index contributed by atoms with van der Waals surface area (Å²) in [7, 11) is 0. The molecule has 0 unspecified atom stereocenters. The number of hydrogen-bond acceptors (Lipinski definition) is 2. The minimum absolute atomic E-state index is 0.599. The van der Waals surface area contributed by atoms with Crippen LogP contribution in [0.15, 0.2) is 0 Å². The third-order valence-corrected chi connectivity index (χ3v) is 3.04. The minimum atomic E-state index is 0.599. The molecule has 0 atom stereocenters. The third-order valence-electron chi connectivity index (χ3n) is 3.04. The standard InChI is InChI=1S/C10H18N2O/c11-10-3-1-2-6-12(10)9-4-7-13-8-5-9/h9,11H,1-8H2. The normalized spacial score (nSPS) is 26.5. The van der Waals surface area contributed by atoms with E-state index < -0.39 is 0 Å². The number of ether oxygens (including phenoxy) is 1. The molecule has 2 fully saturated rings. The summed E-state index contributed by atoms with van der Waals surface area (Å²) in [6, 6.07) is 0.599. The second-order valence-corrected chi connectivity index (χ2v) is 3.94. The summed E-state index contributed by atoms with van der Waals surface area (Å²) in [4.78, 5) is 2.30. The molecule has 2 aliphatic rings. The lowest BCUT2D eigenvalue weighted by Crippen LogP contribution is -2.45. The van der Waals surface area contributed by atoms with Crippen LogP contribution in [0, 0.1) is 5.41 Å². The van der Waals surface area contributed by atoms with Crippen LogP contribution in [0.2, 0.25) is 0 Å². The molecule has 2 saturated heterocycles. The molecule has 2 aliphatic heterocycles. The Morgan fingerprint density at radius 1 is 1.23 bits per heavy atom. The van der Waals surface area contributed by atoms with Gasteiger partial charge in [-0.05, 0) is 25.7 Å². The fourth-order valence-corrected chi connectivity index (χ4v) is 2.25. The van der Waals surface area contributed by atoms with Gasteiger partial charge in [0.2, 0.25) is 0 Å². The van der Waals surface area contributed by atoms with Gasteiger partial charge in [0.15, 0.2) is 0 Å². The van der Waals surface area contributed by atoms with Crippen LogP contribution < -0.4 is 0 Å². The Labute approximate surface area is 79.6 Å². The van der Waals surface area contributed by atoms with E-state index in [0.717, 1.165) is 44.9 Å². The van der Waals surface area contributed by atoms with Crippen molar-refractivity contribution in [1.29, 1.82) is 5.41 Å². The molecule has 0 aliphatic carbocycles. The summed E-state index contributed by atoms with van der Waals surface area (Å²) in [6.07, 6.45) is 5.68. The Kier molecular flexibility index (Phi) is 2.83. The van der Waals surface area contributed by atoms with Gasteiger partial charge in [-0.25, -0.2) is 0 Å². The molecule has 3 heteroatoms. The van der Waals surface area contributed by atoms with Gasteiger partial charge in [-0.1, -0.05) is 0 Å². The second-order valence-electron chi connectivity index (χ2n) is 3.94. The van der Waals surface area contributed by atoms with Crippen LogP contribution in [0.5, 0.6) is 0 Å². The van der Waals surface area contributed by atoms with Gasteiger partial charge in [-0.3, -0.25) is 5.41 Å². The molecule has 1 N–H and O–H groups in total. The SMILES string of the molecule is N=C1CCCCN1C1CCOCC1. The maximum atomic E-state index is 7.87. The van der Waals surface area contributed by atoms with Crippen LogP contribution in [-0.4, -0.2) is 36.5 Å². The van der Waals surface area contributed by atoms with Crippen molar-refractivity contribution in [3.8, 4) is 0 Å². The summed E-state index contributed by atoms with van der Waals surface area (Å²) < 4.78 is 5.33. The molecule has 13 heavy (non-hydrogen) atoms. The van der Waals surface area contributed by atoms with Gasteiger partial charge in [-0.15, -0.1) is 0 Å². The largest absolute Gasteiger partial charge is 0.381 e. The van der Waals surface area contributed by atoms with Crippen LogP contribution >= 0.6 is 0 Å². The van der Waals surface area contributed by atoms with Crippen molar-refractivity contribution in [3.05, 3.63) is 0 Å². The first-order chi connectivity index (χ1) is 6.38. The lowest BCUT2D eigenvalue weighted by atomic mass is 10.0. The lowest BCUT2D eigenvalue weighted by Gasteiger charge is -2.38. The highest BCUT2D eigenvalue weighted by molar-refractivity contribution is 5.80. The van der Waals surface area contributed by atoms with Crippen molar-refractivity contribution in [2.45, 2.75) is 38.1 Å². The zero-order valence-electron chi connectivity index (χ0n) is 8.09. The van der Waals surface area contributed by atoms with Crippen molar-refractivity contribution >= 4 is 5.84 Å². The highest BCUT2D eigenvalue weighted by atomic mass is 16.5. The molecule has 2 heterocycles.